The Balaban J connectivity index is 1.57. The summed E-state index contributed by atoms with van der Waals surface area (Å²) in [6, 6.07) is 8.77. The van der Waals surface area contributed by atoms with Crippen molar-refractivity contribution < 1.29 is 19.1 Å². The van der Waals surface area contributed by atoms with Gasteiger partial charge in [0.2, 0.25) is 11.7 Å². The average Bonchev–Trinajstić information content (AvgIpc) is 3.18. The third kappa shape index (κ3) is 4.10. The van der Waals surface area contributed by atoms with Gasteiger partial charge in [-0.15, -0.1) is 0 Å². The number of carbonyl (C=O) groups is 3. The van der Waals surface area contributed by atoms with Crippen LogP contribution in [0.25, 0.3) is 0 Å². The summed E-state index contributed by atoms with van der Waals surface area (Å²) < 4.78 is 7.11. The molecule has 0 unspecified atom stereocenters. The third-order valence-corrected chi connectivity index (χ3v) is 5.14. The average molecular weight is 368 g/mol. The molecular formula is C21H24N2O4. The molecule has 0 radical (unpaired) electrons. The van der Waals surface area contributed by atoms with Gasteiger partial charge in [-0.3, -0.25) is 9.59 Å². The number of ketones is 1. The van der Waals surface area contributed by atoms with Gasteiger partial charge in [-0.05, 0) is 44.0 Å². The fraction of sp³-hybridized carbons (Fsp3) is 0.381. The van der Waals surface area contributed by atoms with Crippen molar-refractivity contribution in [1.29, 1.82) is 0 Å². The van der Waals surface area contributed by atoms with Crippen LogP contribution in [-0.4, -0.2) is 40.3 Å². The van der Waals surface area contributed by atoms with Gasteiger partial charge < -0.3 is 14.2 Å². The van der Waals surface area contributed by atoms with Gasteiger partial charge in [-0.2, -0.15) is 0 Å². The van der Waals surface area contributed by atoms with E-state index in [1.807, 2.05) is 42.5 Å². The Morgan fingerprint density at radius 1 is 1.15 bits per heavy atom. The summed E-state index contributed by atoms with van der Waals surface area (Å²) in [6.45, 7) is 4.84. The molecule has 2 aromatic rings. The van der Waals surface area contributed by atoms with E-state index in [0.29, 0.717) is 24.1 Å². The molecule has 1 aromatic carbocycles. The van der Waals surface area contributed by atoms with Crippen molar-refractivity contribution >= 4 is 17.7 Å². The van der Waals surface area contributed by atoms with Crippen LogP contribution in [0.4, 0.5) is 0 Å². The van der Waals surface area contributed by atoms with Crippen LogP contribution in [0.2, 0.25) is 0 Å². The molecule has 1 aromatic heterocycles. The molecule has 6 nitrogen and oxygen atoms in total. The maximum absolute atomic E-state index is 12.3. The first-order valence-electron chi connectivity index (χ1n) is 9.07. The number of amides is 1. The molecule has 1 fully saturated rings. The van der Waals surface area contributed by atoms with Crippen molar-refractivity contribution in [2.45, 2.75) is 33.2 Å². The first kappa shape index (κ1) is 18.9. The summed E-state index contributed by atoms with van der Waals surface area (Å²) in [5, 5.41) is 0. The Morgan fingerprint density at radius 3 is 2.41 bits per heavy atom. The second-order valence-electron chi connectivity index (χ2n) is 6.96. The summed E-state index contributed by atoms with van der Waals surface area (Å²) in [5.41, 5.74) is 3.77. The maximum Gasteiger partial charge on any atom is 0.338 e. The minimum atomic E-state index is -0.530. The number of esters is 1. The number of rotatable bonds is 6. The fourth-order valence-electron chi connectivity index (χ4n) is 3.27. The van der Waals surface area contributed by atoms with E-state index in [9.17, 15) is 14.4 Å². The number of Topliss-reactive ketones (excluding diaryl/α,β-unsaturated/α-hetero) is 1. The fourth-order valence-corrected chi connectivity index (χ4v) is 3.27. The Bertz CT molecular complexity index is 880. The van der Waals surface area contributed by atoms with Crippen LogP contribution in [0.15, 0.2) is 30.3 Å². The van der Waals surface area contributed by atoms with Crippen molar-refractivity contribution in [3.05, 3.63) is 58.4 Å². The van der Waals surface area contributed by atoms with E-state index in [1.54, 1.807) is 18.2 Å². The maximum atomic E-state index is 12.3. The number of hydrogen-bond donors (Lipinski definition) is 0. The highest BCUT2D eigenvalue weighted by Crippen LogP contribution is 2.16. The van der Waals surface area contributed by atoms with Gasteiger partial charge in [0.05, 0.1) is 5.56 Å². The second-order valence-corrected chi connectivity index (χ2v) is 6.96. The summed E-state index contributed by atoms with van der Waals surface area (Å²) in [4.78, 5) is 38.0. The van der Waals surface area contributed by atoms with E-state index in [-0.39, 0.29) is 18.3 Å². The van der Waals surface area contributed by atoms with Crippen molar-refractivity contribution in [1.82, 2.24) is 9.47 Å². The number of likely N-dealkylation sites (tertiary alicyclic amines) is 1. The lowest BCUT2D eigenvalue weighted by Gasteiger charge is -2.15. The van der Waals surface area contributed by atoms with Crippen LogP contribution in [0.3, 0.4) is 0 Å². The quantitative estimate of drug-likeness (QED) is 0.581. The lowest BCUT2D eigenvalue weighted by molar-refractivity contribution is -0.128. The number of ether oxygens (including phenoxy) is 1. The Morgan fingerprint density at radius 2 is 1.85 bits per heavy atom. The first-order valence-corrected chi connectivity index (χ1v) is 9.07. The molecule has 0 atom stereocenters. The van der Waals surface area contributed by atoms with Crippen molar-refractivity contribution in [3.63, 3.8) is 0 Å². The third-order valence-electron chi connectivity index (χ3n) is 5.14. The molecule has 0 spiro atoms. The Kier molecular flexibility index (Phi) is 5.44. The van der Waals surface area contributed by atoms with Crippen molar-refractivity contribution in [3.8, 4) is 0 Å². The van der Waals surface area contributed by atoms with E-state index in [1.165, 1.54) is 0 Å². The molecule has 6 heteroatoms. The van der Waals surface area contributed by atoms with E-state index < -0.39 is 5.97 Å². The highest BCUT2D eigenvalue weighted by molar-refractivity contribution is 6.00. The topological polar surface area (TPSA) is 68.6 Å². The highest BCUT2D eigenvalue weighted by Gasteiger charge is 2.20. The Labute approximate surface area is 158 Å². The van der Waals surface area contributed by atoms with Crippen LogP contribution < -0.4 is 0 Å². The summed E-state index contributed by atoms with van der Waals surface area (Å²) in [6.07, 6.45) is 1.51. The molecule has 1 amide bonds. The summed E-state index contributed by atoms with van der Waals surface area (Å²) in [7, 11) is 1.89. The van der Waals surface area contributed by atoms with Gasteiger partial charge in [0, 0.05) is 43.5 Å². The molecule has 0 saturated carbocycles. The number of hydrogen-bond acceptors (Lipinski definition) is 4. The van der Waals surface area contributed by atoms with Gasteiger partial charge in [0.25, 0.3) is 0 Å². The molecule has 3 rings (SSSR count). The molecule has 1 aliphatic rings. The van der Waals surface area contributed by atoms with E-state index in [4.69, 9.17) is 4.74 Å². The second kappa shape index (κ2) is 7.78. The molecule has 2 heterocycles. The zero-order chi connectivity index (χ0) is 19.6. The van der Waals surface area contributed by atoms with Gasteiger partial charge in [-0.25, -0.2) is 4.79 Å². The van der Waals surface area contributed by atoms with Gasteiger partial charge in [0.15, 0.2) is 6.61 Å². The molecule has 1 aliphatic heterocycles. The highest BCUT2D eigenvalue weighted by atomic mass is 16.5. The normalized spacial score (nSPS) is 13.9. The number of nitrogens with zero attached hydrogens (tertiary/aromatic N) is 2. The smallest absolute Gasteiger partial charge is 0.338 e. The first-order chi connectivity index (χ1) is 12.9. The molecular weight excluding hydrogens is 344 g/mol. The molecule has 0 bridgehead atoms. The lowest BCUT2D eigenvalue weighted by Crippen LogP contribution is -2.23. The number of aromatic nitrogens is 1. The zero-order valence-corrected chi connectivity index (χ0v) is 15.9. The van der Waals surface area contributed by atoms with Gasteiger partial charge >= 0.3 is 5.97 Å². The lowest BCUT2D eigenvalue weighted by atomic mass is 10.1. The molecule has 0 N–H and O–H groups in total. The zero-order valence-electron chi connectivity index (χ0n) is 15.9. The van der Waals surface area contributed by atoms with E-state index in [2.05, 4.69) is 0 Å². The molecule has 1 saturated heterocycles. The van der Waals surface area contributed by atoms with Crippen LogP contribution in [0, 0.1) is 13.8 Å². The molecule has 27 heavy (non-hydrogen) atoms. The molecule has 142 valence electrons. The van der Waals surface area contributed by atoms with E-state index >= 15 is 0 Å². The van der Waals surface area contributed by atoms with Crippen molar-refractivity contribution in [2.75, 3.05) is 13.2 Å². The number of carbonyl (C=O) groups excluding carboxylic acids is 3. The number of benzene rings is 1. The predicted octanol–water partition coefficient (Wildman–Crippen LogP) is 2.80. The SMILES string of the molecule is Cc1cc(C(=O)COC(=O)c2ccc(CN3CCCC3=O)cc2)c(C)n1C. The number of aryl methyl sites for hydroxylation is 1. The predicted molar refractivity (Wildman–Crippen MR) is 101 cm³/mol. The van der Waals surface area contributed by atoms with Crippen LogP contribution in [0.5, 0.6) is 0 Å². The van der Waals surface area contributed by atoms with Crippen LogP contribution >= 0.6 is 0 Å². The standard InChI is InChI=1S/C21H24N2O4/c1-14-11-18(15(2)22(14)3)19(24)13-27-21(26)17-8-6-16(7-9-17)12-23-10-4-5-20(23)25/h6-9,11H,4-5,10,12-13H2,1-3H3. The molecule has 0 aliphatic carbocycles. The summed E-state index contributed by atoms with van der Waals surface area (Å²) in [5.74, 6) is -0.574. The van der Waals surface area contributed by atoms with Gasteiger partial charge in [0.1, 0.15) is 0 Å². The minimum absolute atomic E-state index is 0.170. The Hall–Kier alpha value is -2.89. The van der Waals surface area contributed by atoms with Crippen molar-refractivity contribution in [2.24, 2.45) is 7.05 Å². The largest absolute Gasteiger partial charge is 0.454 e. The van der Waals surface area contributed by atoms with Crippen LogP contribution in [0.1, 0.15) is 50.5 Å². The monoisotopic (exact) mass is 368 g/mol. The van der Waals surface area contributed by atoms with Gasteiger partial charge in [-0.1, -0.05) is 12.1 Å². The van der Waals surface area contributed by atoms with Crippen LogP contribution in [-0.2, 0) is 23.1 Å². The minimum Gasteiger partial charge on any atom is -0.454 e. The van der Waals surface area contributed by atoms with E-state index in [0.717, 1.165) is 29.9 Å². The summed E-state index contributed by atoms with van der Waals surface area (Å²) >= 11 is 0.